The number of aryl methyl sites for hydroxylation is 1. The molecule has 2 rings (SSSR count). The Morgan fingerprint density at radius 1 is 1.50 bits per heavy atom. The lowest BCUT2D eigenvalue weighted by atomic mass is 10.1. The summed E-state index contributed by atoms with van der Waals surface area (Å²) < 4.78 is 13.4. The molecule has 0 saturated heterocycles. The summed E-state index contributed by atoms with van der Waals surface area (Å²) in [6, 6.07) is 6.37. The van der Waals surface area contributed by atoms with Crippen molar-refractivity contribution in [2.24, 2.45) is 0 Å². The normalized spacial score (nSPS) is 11.9. The summed E-state index contributed by atoms with van der Waals surface area (Å²) in [4.78, 5) is 4.36. The lowest BCUT2D eigenvalue weighted by Crippen LogP contribution is -2.08. The van der Waals surface area contributed by atoms with Gasteiger partial charge in [-0.15, -0.1) is 11.3 Å². The van der Waals surface area contributed by atoms with E-state index in [1.54, 1.807) is 23.5 Å². The average molecular weight is 261 g/mol. The Hall–Kier alpha value is -1.93. The Morgan fingerprint density at radius 2 is 2.28 bits per heavy atom. The van der Waals surface area contributed by atoms with Crippen LogP contribution in [0.5, 0.6) is 0 Å². The van der Waals surface area contributed by atoms with Crippen molar-refractivity contribution in [2.45, 2.75) is 19.9 Å². The van der Waals surface area contributed by atoms with Crippen LogP contribution in [0.4, 0.5) is 10.1 Å². The molecule has 2 aromatic rings. The first-order chi connectivity index (χ1) is 8.61. The molecule has 0 amide bonds. The summed E-state index contributed by atoms with van der Waals surface area (Å²) in [5.74, 6) is -0.509. The number of benzene rings is 1. The second-order valence-corrected chi connectivity index (χ2v) is 4.86. The van der Waals surface area contributed by atoms with E-state index >= 15 is 0 Å². The fraction of sp³-hybridized carbons (Fsp3) is 0.231. The minimum Gasteiger partial charge on any atom is -0.375 e. The van der Waals surface area contributed by atoms with Crippen molar-refractivity contribution >= 4 is 17.0 Å². The van der Waals surface area contributed by atoms with Crippen LogP contribution in [-0.2, 0) is 0 Å². The second kappa shape index (κ2) is 5.15. The van der Waals surface area contributed by atoms with Crippen molar-refractivity contribution in [3.63, 3.8) is 0 Å². The SMILES string of the molecule is Cc1csc(C(C)Nc2cccc(F)c2C#N)n1. The third-order valence-electron chi connectivity index (χ3n) is 2.50. The van der Waals surface area contributed by atoms with E-state index in [1.807, 2.05) is 25.3 Å². The molecule has 1 aromatic heterocycles. The smallest absolute Gasteiger partial charge is 0.143 e. The van der Waals surface area contributed by atoms with E-state index in [0.29, 0.717) is 5.69 Å². The van der Waals surface area contributed by atoms with Crippen LogP contribution in [-0.4, -0.2) is 4.98 Å². The largest absolute Gasteiger partial charge is 0.375 e. The molecule has 5 heteroatoms. The Morgan fingerprint density at radius 3 is 2.89 bits per heavy atom. The number of hydrogen-bond acceptors (Lipinski definition) is 4. The van der Waals surface area contributed by atoms with Gasteiger partial charge in [0.15, 0.2) is 0 Å². The highest BCUT2D eigenvalue weighted by molar-refractivity contribution is 7.09. The van der Waals surface area contributed by atoms with E-state index in [2.05, 4.69) is 10.3 Å². The first-order valence-corrected chi connectivity index (χ1v) is 6.37. The molecule has 1 aromatic carbocycles. The van der Waals surface area contributed by atoms with Gasteiger partial charge in [-0.25, -0.2) is 9.37 Å². The number of thiazole rings is 1. The van der Waals surface area contributed by atoms with Gasteiger partial charge in [0.05, 0.1) is 11.7 Å². The molecular weight excluding hydrogens is 249 g/mol. The number of rotatable bonds is 3. The lowest BCUT2D eigenvalue weighted by molar-refractivity contribution is 0.624. The van der Waals surface area contributed by atoms with E-state index in [-0.39, 0.29) is 11.6 Å². The molecule has 92 valence electrons. The van der Waals surface area contributed by atoms with Crippen LogP contribution in [0.25, 0.3) is 0 Å². The number of aromatic nitrogens is 1. The van der Waals surface area contributed by atoms with Crippen molar-refractivity contribution < 1.29 is 4.39 Å². The molecule has 0 radical (unpaired) electrons. The van der Waals surface area contributed by atoms with Gasteiger partial charge in [-0.2, -0.15) is 5.26 Å². The quantitative estimate of drug-likeness (QED) is 0.917. The van der Waals surface area contributed by atoms with Gasteiger partial charge in [-0.3, -0.25) is 0 Å². The summed E-state index contributed by atoms with van der Waals surface area (Å²) in [5, 5.41) is 14.9. The molecule has 0 bridgehead atoms. The predicted octanol–water partition coefficient (Wildman–Crippen LogP) is 3.64. The van der Waals surface area contributed by atoms with Crippen molar-refractivity contribution in [3.05, 3.63) is 45.7 Å². The highest BCUT2D eigenvalue weighted by atomic mass is 32.1. The number of nitrogens with one attached hydrogen (secondary N) is 1. The van der Waals surface area contributed by atoms with Crippen molar-refractivity contribution in [2.75, 3.05) is 5.32 Å². The molecule has 0 aliphatic heterocycles. The number of nitrogens with zero attached hydrogens (tertiary/aromatic N) is 2. The fourth-order valence-corrected chi connectivity index (χ4v) is 2.43. The summed E-state index contributed by atoms with van der Waals surface area (Å²) in [7, 11) is 0. The first kappa shape index (κ1) is 12.5. The van der Waals surface area contributed by atoms with Crippen LogP contribution < -0.4 is 5.32 Å². The van der Waals surface area contributed by atoms with E-state index < -0.39 is 5.82 Å². The lowest BCUT2D eigenvalue weighted by Gasteiger charge is -2.14. The summed E-state index contributed by atoms with van der Waals surface area (Å²) >= 11 is 1.54. The van der Waals surface area contributed by atoms with Gasteiger partial charge < -0.3 is 5.32 Å². The molecule has 1 atom stereocenters. The Labute approximate surface area is 109 Å². The Kier molecular flexibility index (Phi) is 3.58. The summed E-state index contributed by atoms with van der Waals surface area (Å²) in [6.07, 6.45) is 0. The van der Waals surface area contributed by atoms with Gasteiger partial charge in [0, 0.05) is 11.1 Å². The minimum absolute atomic E-state index is 0.0395. The molecule has 0 fully saturated rings. The number of nitriles is 1. The Bertz CT molecular complexity index is 601. The molecule has 1 unspecified atom stereocenters. The van der Waals surface area contributed by atoms with Crippen LogP contribution in [0.3, 0.4) is 0 Å². The van der Waals surface area contributed by atoms with Gasteiger partial charge in [0.2, 0.25) is 0 Å². The molecule has 3 nitrogen and oxygen atoms in total. The highest BCUT2D eigenvalue weighted by Crippen LogP contribution is 2.25. The Balaban J connectivity index is 2.25. The van der Waals surface area contributed by atoms with Crippen LogP contribution in [0, 0.1) is 24.1 Å². The van der Waals surface area contributed by atoms with Gasteiger partial charge in [0.1, 0.15) is 22.5 Å². The maximum absolute atomic E-state index is 13.4. The third kappa shape index (κ3) is 2.49. The molecule has 1 N–H and O–H groups in total. The maximum Gasteiger partial charge on any atom is 0.143 e. The van der Waals surface area contributed by atoms with Crippen molar-refractivity contribution in [1.82, 2.24) is 4.98 Å². The molecule has 0 aliphatic carbocycles. The highest BCUT2D eigenvalue weighted by Gasteiger charge is 2.13. The zero-order chi connectivity index (χ0) is 13.1. The molecule has 1 heterocycles. The number of anilines is 1. The molecule has 18 heavy (non-hydrogen) atoms. The van der Waals surface area contributed by atoms with Crippen LogP contribution in [0.1, 0.15) is 29.2 Å². The van der Waals surface area contributed by atoms with E-state index in [0.717, 1.165) is 10.7 Å². The van der Waals surface area contributed by atoms with Gasteiger partial charge in [-0.05, 0) is 26.0 Å². The van der Waals surface area contributed by atoms with E-state index in [9.17, 15) is 4.39 Å². The van der Waals surface area contributed by atoms with Crippen LogP contribution in [0.15, 0.2) is 23.6 Å². The standard InChI is InChI=1S/C13H12FN3S/c1-8-7-18-13(16-8)9(2)17-12-5-3-4-11(14)10(12)6-15/h3-5,7,9,17H,1-2H3. The van der Waals surface area contributed by atoms with Crippen LogP contribution >= 0.6 is 11.3 Å². The average Bonchev–Trinajstić information content (AvgIpc) is 2.76. The zero-order valence-electron chi connectivity index (χ0n) is 10.1. The first-order valence-electron chi connectivity index (χ1n) is 5.49. The number of hydrogen-bond donors (Lipinski definition) is 1. The molecular formula is C13H12FN3S. The van der Waals surface area contributed by atoms with Gasteiger partial charge in [0.25, 0.3) is 0 Å². The molecule has 0 saturated carbocycles. The second-order valence-electron chi connectivity index (χ2n) is 3.97. The summed E-state index contributed by atoms with van der Waals surface area (Å²) in [5.41, 5.74) is 1.50. The topological polar surface area (TPSA) is 48.7 Å². The molecule has 0 spiro atoms. The minimum atomic E-state index is -0.509. The predicted molar refractivity (Wildman–Crippen MR) is 70.0 cm³/mol. The zero-order valence-corrected chi connectivity index (χ0v) is 10.9. The van der Waals surface area contributed by atoms with E-state index in [1.165, 1.54) is 6.07 Å². The third-order valence-corrected chi connectivity index (χ3v) is 3.65. The molecule has 0 aliphatic rings. The van der Waals surface area contributed by atoms with Crippen molar-refractivity contribution in [3.8, 4) is 6.07 Å². The summed E-state index contributed by atoms with van der Waals surface area (Å²) in [6.45, 7) is 3.86. The van der Waals surface area contributed by atoms with E-state index in [4.69, 9.17) is 5.26 Å². The van der Waals surface area contributed by atoms with Crippen LogP contribution in [0.2, 0.25) is 0 Å². The monoisotopic (exact) mass is 261 g/mol. The number of halogens is 1. The van der Waals surface area contributed by atoms with Gasteiger partial charge >= 0.3 is 0 Å². The van der Waals surface area contributed by atoms with Crippen molar-refractivity contribution in [1.29, 1.82) is 5.26 Å². The maximum atomic E-state index is 13.4. The fourth-order valence-electron chi connectivity index (χ4n) is 1.62. The van der Waals surface area contributed by atoms with Gasteiger partial charge in [-0.1, -0.05) is 6.07 Å².